The number of nitrogens with one attached hydrogen (secondary N) is 1. The van der Waals surface area contributed by atoms with Crippen molar-refractivity contribution in [2.75, 3.05) is 11.4 Å². The standard InChI is InChI=1S/C16H24N2O3/c1-5-18(14-9-7-6-8-12(14)4)16(21)17-13(15(19)20)10-11(2)3/h6-9,11,13H,5,10H2,1-4H3,(H,17,21)(H,19,20)/t13-/m0/s1. The van der Waals surface area contributed by atoms with E-state index in [1.54, 1.807) is 4.90 Å². The maximum atomic E-state index is 12.4. The molecule has 0 aliphatic carbocycles. The van der Waals surface area contributed by atoms with Gasteiger partial charge in [0.05, 0.1) is 0 Å². The van der Waals surface area contributed by atoms with E-state index in [-0.39, 0.29) is 11.9 Å². The third-order valence-corrected chi connectivity index (χ3v) is 3.27. The molecule has 0 aliphatic heterocycles. The van der Waals surface area contributed by atoms with Crippen molar-refractivity contribution in [1.29, 1.82) is 0 Å². The number of para-hydroxylation sites is 1. The number of benzene rings is 1. The van der Waals surface area contributed by atoms with Gasteiger partial charge in [-0.05, 0) is 37.8 Å². The van der Waals surface area contributed by atoms with Crippen molar-refractivity contribution >= 4 is 17.7 Å². The number of hydrogen-bond acceptors (Lipinski definition) is 2. The van der Waals surface area contributed by atoms with Crippen LogP contribution in [0.25, 0.3) is 0 Å². The number of carbonyl (C=O) groups is 2. The topological polar surface area (TPSA) is 69.6 Å². The van der Waals surface area contributed by atoms with Crippen LogP contribution in [0.1, 0.15) is 32.8 Å². The summed E-state index contributed by atoms with van der Waals surface area (Å²) in [4.78, 5) is 25.2. The highest BCUT2D eigenvalue weighted by Gasteiger charge is 2.24. The fourth-order valence-electron chi connectivity index (χ4n) is 2.21. The lowest BCUT2D eigenvalue weighted by molar-refractivity contribution is -0.139. The third kappa shape index (κ3) is 4.77. The van der Waals surface area contributed by atoms with Gasteiger partial charge < -0.3 is 10.4 Å². The average molecular weight is 292 g/mol. The average Bonchev–Trinajstić information content (AvgIpc) is 2.40. The fraction of sp³-hybridized carbons (Fsp3) is 0.500. The minimum absolute atomic E-state index is 0.194. The monoisotopic (exact) mass is 292 g/mol. The van der Waals surface area contributed by atoms with E-state index in [1.165, 1.54) is 0 Å². The highest BCUT2D eigenvalue weighted by molar-refractivity contribution is 5.95. The van der Waals surface area contributed by atoms with Crippen molar-refractivity contribution in [2.45, 2.75) is 40.2 Å². The Morgan fingerprint density at radius 1 is 1.29 bits per heavy atom. The number of aryl methyl sites for hydroxylation is 1. The molecule has 0 bridgehead atoms. The molecular formula is C16H24N2O3. The number of rotatable bonds is 6. The minimum atomic E-state index is -1.00. The lowest BCUT2D eigenvalue weighted by Gasteiger charge is -2.26. The van der Waals surface area contributed by atoms with Crippen LogP contribution >= 0.6 is 0 Å². The molecule has 0 aliphatic rings. The molecule has 5 nitrogen and oxygen atoms in total. The van der Waals surface area contributed by atoms with Crippen LogP contribution in [0.2, 0.25) is 0 Å². The summed E-state index contributed by atoms with van der Waals surface area (Å²) in [6, 6.07) is 6.31. The van der Waals surface area contributed by atoms with Gasteiger partial charge in [-0.3, -0.25) is 4.90 Å². The SMILES string of the molecule is CCN(C(=O)N[C@@H](CC(C)C)C(=O)O)c1ccccc1C. The van der Waals surface area contributed by atoms with Gasteiger partial charge in [0, 0.05) is 12.2 Å². The number of aliphatic carboxylic acids is 1. The van der Waals surface area contributed by atoms with Gasteiger partial charge in [-0.2, -0.15) is 0 Å². The molecule has 0 saturated carbocycles. The third-order valence-electron chi connectivity index (χ3n) is 3.27. The van der Waals surface area contributed by atoms with Gasteiger partial charge in [-0.25, -0.2) is 9.59 Å². The van der Waals surface area contributed by atoms with Gasteiger partial charge in [-0.1, -0.05) is 32.0 Å². The number of carbonyl (C=O) groups excluding carboxylic acids is 1. The van der Waals surface area contributed by atoms with Crippen LogP contribution in [0.5, 0.6) is 0 Å². The molecule has 0 saturated heterocycles. The van der Waals surface area contributed by atoms with Crippen molar-refractivity contribution in [3.63, 3.8) is 0 Å². The second kappa shape index (κ2) is 7.67. The van der Waals surface area contributed by atoms with Gasteiger partial charge in [0.2, 0.25) is 0 Å². The number of carboxylic acid groups (broad SMARTS) is 1. The summed E-state index contributed by atoms with van der Waals surface area (Å²) in [6.45, 7) is 8.13. The Morgan fingerprint density at radius 3 is 2.38 bits per heavy atom. The van der Waals surface area contributed by atoms with E-state index in [4.69, 9.17) is 0 Å². The molecule has 2 N–H and O–H groups in total. The zero-order valence-electron chi connectivity index (χ0n) is 13.1. The Morgan fingerprint density at radius 2 is 1.90 bits per heavy atom. The molecule has 116 valence electrons. The largest absolute Gasteiger partial charge is 0.480 e. The van der Waals surface area contributed by atoms with E-state index in [0.29, 0.717) is 13.0 Å². The predicted octanol–water partition coefficient (Wildman–Crippen LogP) is 3.03. The molecular weight excluding hydrogens is 268 g/mol. The fourth-order valence-corrected chi connectivity index (χ4v) is 2.21. The zero-order valence-corrected chi connectivity index (χ0v) is 13.1. The Hall–Kier alpha value is -2.04. The minimum Gasteiger partial charge on any atom is -0.480 e. The summed E-state index contributed by atoms with van der Waals surface area (Å²) in [5.74, 6) is -0.808. The van der Waals surface area contributed by atoms with E-state index in [1.807, 2.05) is 52.0 Å². The van der Waals surface area contributed by atoms with Gasteiger partial charge in [0.25, 0.3) is 0 Å². The van der Waals surface area contributed by atoms with Crippen molar-refractivity contribution in [1.82, 2.24) is 5.32 Å². The van der Waals surface area contributed by atoms with Crippen LogP contribution in [-0.4, -0.2) is 29.7 Å². The van der Waals surface area contributed by atoms with Crippen LogP contribution in [0.15, 0.2) is 24.3 Å². The van der Waals surface area contributed by atoms with Crippen molar-refractivity contribution < 1.29 is 14.7 Å². The molecule has 0 spiro atoms. The molecule has 1 aromatic rings. The summed E-state index contributed by atoms with van der Waals surface area (Å²) in [5, 5.41) is 11.8. The maximum absolute atomic E-state index is 12.4. The molecule has 21 heavy (non-hydrogen) atoms. The number of carboxylic acids is 1. The van der Waals surface area contributed by atoms with E-state index >= 15 is 0 Å². The van der Waals surface area contributed by atoms with E-state index in [0.717, 1.165) is 11.3 Å². The van der Waals surface area contributed by atoms with E-state index in [9.17, 15) is 14.7 Å². The molecule has 0 fully saturated rings. The first-order chi connectivity index (χ1) is 9.86. The van der Waals surface area contributed by atoms with E-state index in [2.05, 4.69) is 5.32 Å². The van der Waals surface area contributed by atoms with Crippen LogP contribution in [0.3, 0.4) is 0 Å². The summed E-state index contributed by atoms with van der Waals surface area (Å²) in [6.07, 6.45) is 0.409. The lowest BCUT2D eigenvalue weighted by Crippen LogP contribution is -2.48. The molecule has 0 aromatic heterocycles. The number of hydrogen-bond donors (Lipinski definition) is 2. The highest BCUT2D eigenvalue weighted by atomic mass is 16.4. The van der Waals surface area contributed by atoms with Crippen LogP contribution in [0.4, 0.5) is 10.5 Å². The quantitative estimate of drug-likeness (QED) is 0.846. The zero-order chi connectivity index (χ0) is 16.0. The summed E-state index contributed by atoms with van der Waals surface area (Å²) in [7, 11) is 0. The smallest absolute Gasteiger partial charge is 0.326 e. The van der Waals surface area contributed by atoms with Gasteiger partial charge in [-0.15, -0.1) is 0 Å². The molecule has 5 heteroatoms. The second-order valence-corrected chi connectivity index (χ2v) is 5.50. The summed E-state index contributed by atoms with van der Waals surface area (Å²) < 4.78 is 0. The summed E-state index contributed by atoms with van der Waals surface area (Å²) >= 11 is 0. The normalized spacial score (nSPS) is 12.0. The first-order valence-electron chi connectivity index (χ1n) is 7.23. The molecule has 0 heterocycles. The summed E-state index contributed by atoms with van der Waals surface area (Å²) in [5.41, 5.74) is 1.77. The Labute approximate surface area is 126 Å². The number of anilines is 1. The van der Waals surface area contributed by atoms with Crippen LogP contribution < -0.4 is 10.2 Å². The first kappa shape index (κ1) is 17.0. The van der Waals surface area contributed by atoms with Crippen molar-refractivity contribution in [3.8, 4) is 0 Å². The lowest BCUT2D eigenvalue weighted by atomic mass is 10.0. The van der Waals surface area contributed by atoms with Crippen LogP contribution in [0, 0.1) is 12.8 Å². The van der Waals surface area contributed by atoms with Crippen molar-refractivity contribution in [2.24, 2.45) is 5.92 Å². The Kier molecular flexibility index (Phi) is 6.21. The Bertz CT molecular complexity index is 500. The highest BCUT2D eigenvalue weighted by Crippen LogP contribution is 2.19. The molecule has 1 rings (SSSR count). The second-order valence-electron chi connectivity index (χ2n) is 5.50. The number of amides is 2. The van der Waals surface area contributed by atoms with Crippen LogP contribution in [-0.2, 0) is 4.79 Å². The predicted molar refractivity (Wildman–Crippen MR) is 83.6 cm³/mol. The number of nitrogens with zero attached hydrogens (tertiary/aromatic N) is 1. The molecule has 0 unspecified atom stereocenters. The molecule has 2 amide bonds. The number of urea groups is 1. The van der Waals surface area contributed by atoms with Crippen molar-refractivity contribution in [3.05, 3.63) is 29.8 Å². The van der Waals surface area contributed by atoms with E-state index < -0.39 is 12.0 Å². The maximum Gasteiger partial charge on any atom is 0.326 e. The molecule has 1 atom stereocenters. The first-order valence-corrected chi connectivity index (χ1v) is 7.23. The van der Waals surface area contributed by atoms with Gasteiger partial charge in [0.15, 0.2) is 0 Å². The van der Waals surface area contributed by atoms with Gasteiger partial charge in [0.1, 0.15) is 6.04 Å². The Balaban J connectivity index is 2.88. The molecule has 0 radical (unpaired) electrons. The van der Waals surface area contributed by atoms with Gasteiger partial charge >= 0.3 is 12.0 Å². The molecule has 1 aromatic carbocycles.